The van der Waals surface area contributed by atoms with Gasteiger partial charge in [-0.25, -0.2) is 0 Å². The maximum atomic E-state index is 12.6. The first-order valence-electron chi connectivity index (χ1n) is 8.00. The highest BCUT2D eigenvalue weighted by molar-refractivity contribution is 6.06. The van der Waals surface area contributed by atoms with Crippen molar-refractivity contribution >= 4 is 22.5 Å². The summed E-state index contributed by atoms with van der Waals surface area (Å²) in [6.45, 7) is 4.89. The van der Waals surface area contributed by atoms with E-state index < -0.39 is 0 Å². The van der Waals surface area contributed by atoms with Crippen LogP contribution in [0.1, 0.15) is 24.3 Å². The van der Waals surface area contributed by atoms with Gasteiger partial charge < -0.3 is 19.8 Å². The van der Waals surface area contributed by atoms with E-state index in [-0.39, 0.29) is 5.91 Å². The first kappa shape index (κ1) is 15.9. The molecule has 0 aliphatic rings. The smallest absolute Gasteiger partial charge is 0.272 e. The molecule has 0 saturated heterocycles. The number of para-hydroxylation sites is 1. The summed E-state index contributed by atoms with van der Waals surface area (Å²) in [5, 5.41) is 3.89. The number of amides is 1. The lowest BCUT2D eigenvalue weighted by molar-refractivity contribution is 0.102. The van der Waals surface area contributed by atoms with Crippen molar-refractivity contribution in [2.24, 2.45) is 0 Å². The molecule has 2 N–H and O–H groups in total. The molecule has 0 atom stereocenters. The second-order valence-corrected chi connectivity index (χ2v) is 5.25. The van der Waals surface area contributed by atoms with Crippen LogP contribution < -0.4 is 14.8 Å². The number of ether oxygens (including phenoxy) is 2. The summed E-state index contributed by atoms with van der Waals surface area (Å²) < 4.78 is 11.1. The van der Waals surface area contributed by atoms with Crippen LogP contribution in [0.5, 0.6) is 11.5 Å². The highest BCUT2D eigenvalue weighted by atomic mass is 16.5. The number of hydrogen-bond donors (Lipinski definition) is 2. The summed E-state index contributed by atoms with van der Waals surface area (Å²) in [4.78, 5) is 15.7. The van der Waals surface area contributed by atoms with Crippen molar-refractivity contribution in [2.75, 3.05) is 18.5 Å². The van der Waals surface area contributed by atoms with E-state index in [1.54, 1.807) is 12.1 Å². The molecule has 5 heteroatoms. The van der Waals surface area contributed by atoms with Crippen LogP contribution in [-0.2, 0) is 0 Å². The average molecular weight is 324 g/mol. The fourth-order valence-electron chi connectivity index (χ4n) is 2.53. The predicted molar refractivity (Wildman–Crippen MR) is 95.0 cm³/mol. The first-order chi connectivity index (χ1) is 11.7. The Hall–Kier alpha value is -2.95. The Kier molecular flexibility index (Phi) is 4.70. The van der Waals surface area contributed by atoms with E-state index in [2.05, 4.69) is 10.3 Å². The Balaban J connectivity index is 1.87. The first-order valence-corrected chi connectivity index (χ1v) is 8.00. The Morgan fingerprint density at radius 3 is 2.58 bits per heavy atom. The molecule has 2 aromatic carbocycles. The fourth-order valence-corrected chi connectivity index (χ4v) is 2.53. The van der Waals surface area contributed by atoms with Crippen molar-refractivity contribution in [3.8, 4) is 11.5 Å². The third-order valence-corrected chi connectivity index (χ3v) is 3.58. The number of aromatic nitrogens is 1. The number of H-pyrrole nitrogens is 1. The van der Waals surface area contributed by atoms with Gasteiger partial charge in [-0.3, -0.25) is 4.79 Å². The topological polar surface area (TPSA) is 63.4 Å². The lowest BCUT2D eigenvalue weighted by Crippen LogP contribution is -2.13. The van der Waals surface area contributed by atoms with E-state index in [4.69, 9.17) is 9.47 Å². The molecule has 0 aliphatic carbocycles. The third kappa shape index (κ3) is 3.35. The Morgan fingerprint density at radius 2 is 1.83 bits per heavy atom. The van der Waals surface area contributed by atoms with Crippen molar-refractivity contribution in [2.45, 2.75) is 13.8 Å². The summed E-state index contributed by atoms with van der Waals surface area (Å²) in [7, 11) is 0. The summed E-state index contributed by atoms with van der Waals surface area (Å²) in [6, 6.07) is 15.0. The summed E-state index contributed by atoms with van der Waals surface area (Å²) >= 11 is 0. The number of hydrogen-bond acceptors (Lipinski definition) is 3. The quantitative estimate of drug-likeness (QED) is 0.713. The summed E-state index contributed by atoms with van der Waals surface area (Å²) in [5.41, 5.74) is 2.02. The standard InChI is InChI=1S/C19H20N2O3/c1-3-23-14-9-10-18(24-4-2)16(12-14)21-19(22)17-11-13-7-5-6-8-15(13)20-17/h5-12,20H,3-4H2,1-2H3,(H,21,22). The molecule has 0 fully saturated rings. The van der Waals surface area contributed by atoms with Crippen molar-refractivity contribution in [1.82, 2.24) is 4.98 Å². The highest BCUT2D eigenvalue weighted by Crippen LogP contribution is 2.30. The molecule has 0 unspecified atom stereocenters. The Labute approximate surface area is 140 Å². The summed E-state index contributed by atoms with van der Waals surface area (Å²) in [6.07, 6.45) is 0. The van der Waals surface area contributed by atoms with E-state index in [1.807, 2.05) is 50.2 Å². The molecule has 1 amide bonds. The Bertz CT molecular complexity index is 822. The van der Waals surface area contributed by atoms with Crippen molar-refractivity contribution in [3.05, 3.63) is 54.2 Å². The van der Waals surface area contributed by atoms with Gasteiger partial charge >= 0.3 is 0 Å². The van der Waals surface area contributed by atoms with Gasteiger partial charge in [-0.05, 0) is 38.1 Å². The van der Waals surface area contributed by atoms with Gasteiger partial charge in [-0.1, -0.05) is 18.2 Å². The minimum atomic E-state index is -0.221. The molecule has 1 aromatic heterocycles. The van der Waals surface area contributed by atoms with Gasteiger partial charge in [0.2, 0.25) is 0 Å². The van der Waals surface area contributed by atoms with E-state index in [0.29, 0.717) is 36.1 Å². The molecular weight excluding hydrogens is 304 g/mol. The monoisotopic (exact) mass is 324 g/mol. The van der Waals surface area contributed by atoms with Gasteiger partial charge in [0, 0.05) is 17.0 Å². The van der Waals surface area contributed by atoms with Gasteiger partial charge in [0.25, 0.3) is 5.91 Å². The van der Waals surface area contributed by atoms with Crippen molar-refractivity contribution in [3.63, 3.8) is 0 Å². The number of aromatic amines is 1. The molecule has 24 heavy (non-hydrogen) atoms. The molecule has 1 heterocycles. The zero-order valence-corrected chi connectivity index (χ0v) is 13.8. The van der Waals surface area contributed by atoms with Crippen LogP contribution in [0.2, 0.25) is 0 Å². The molecule has 0 saturated carbocycles. The zero-order chi connectivity index (χ0) is 16.9. The van der Waals surface area contributed by atoms with Gasteiger partial charge in [0.15, 0.2) is 0 Å². The molecule has 0 radical (unpaired) electrons. The van der Waals surface area contributed by atoms with E-state index in [1.165, 1.54) is 0 Å². The molecule has 124 valence electrons. The summed E-state index contributed by atoms with van der Waals surface area (Å²) in [5.74, 6) is 1.08. The van der Waals surface area contributed by atoms with Crippen LogP contribution in [0, 0.1) is 0 Å². The van der Waals surface area contributed by atoms with Crippen LogP contribution in [0.15, 0.2) is 48.5 Å². The lowest BCUT2D eigenvalue weighted by Gasteiger charge is -2.13. The van der Waals surface area contributed by atoms with Crippen molar-refractivity contribution < 1.29 is 14.3 Å². The van der Waals surface area contributed by atoms with Crippen LogP contribution in [0.4, 0.5) is 5.69 Å². The molecule has 3 aromatic rings. The van der Waals surface area contributed by atoms with Crippen LogP contribution in [0.3, 0.4) is 0 Å². The van der Waals surface area contributed by atoms with Gasteiger partial charge in [-0.2, -0.15) is 0 Å². The number of rotatable bonds is 6. The molecule has 5 nitrogen and oxygen atoms in total. The fraction of sp³-hybridized carbons (Fsp3) is 0.211. The van der Waals surface area contributed by atoms with Gasteiger partial charge in [0.1, 0.15) is 17.2 Å². The van der Waals surface area contributed by atoms with E-state index in [0.717, 1.165) is 10.9 Å². The molecule has 3 rings (SSSR count). The second-order valence-electron chi connectivity index (χ2n) is 5.25. The molecule has 0 bridgehead atoms. The largest absolute Gasteiger partial charge is 0.494 e. The minimum Gasteiger partial charge on any atom is -0.494 e. The van der Waals surface area contributed by atoms with Crippen molar-refractivity contribution in [1.29, 1.82) is 0 Å². The average Bonchev–Trinajstić information content (AvgIpc) is 3.02. The van der Waals surface area contributed by atoms with E-state index >= 15 is 0 Å². The minimum absolute atomic E-state index is 0.221. The molecule has 0 spiro atoms. The molecule has 0 aliphatic heterocycles. The number of fused-ring (bicyclic) bond motifs is 1. The molecular formula is C19H20N2O3. The normalized spacial score (nSPS) is 10.6. The number of carbonyl (C=O) groups is 1. The van der Waals surface area contributed by atoms with Crippen LogP contribution in [-0.4, -0.2) is 24.1 Å². The number of benzene rings is 2. The number of carbonyl (C=O) groups excluding carboxylic acids is 1. The van der Waals surface area contributed by atoms with E-state index in [9.17, 15) is 4.79 Å². The Morgan fingerprint density at radius 1 is 1.04 bits per heavy atom. The SMILES string of the molecule is CCOc1ccc(OCC)c(NC(=O)c2cc3ccccc3[nH]2)c1. The third-order valence-electron chi connectivity index (χ3n) is 3.58. The predicted octanol–water partition coefficient (Wildman–Crippen LogP) is 4.22. The number of anilines is 1. The second kappa shape index (κ2) is 7.08. The van der Waals surface area contributed by atoms with Crippen LogP contribution >= 0.6 is 0 Å². The highest BCUT2D eigenvalue weighted by Gasteiger charge is 2.13. The zero-order valence-electron chi connectivity index (χ0n) is 13.8. The van der Waals surface area contributed by atoms with Gasteiger partial charge in [-0.15, -0.1) is 0 Å². The number of nitrogens with one attached hydrogen (secondary N) is 2. The maximum absolute atomic E-state index is 12.6. The maximum Gasteiger partial charge on any atom is 0.272 e. The lowest BCUT2D eigenvalue weighted by atomic mass is 10.2. The van der Waals surface area contributed by atoms with Gasteiger partial charge in [0.05, 0.1) is 18.9 Å². The van der Waals surface area contributed by atoms with Crippen LogP contribution in [0.25, 0.3) is 10.9 Å².